The zero-order valence-corrected chi connectivity index (χ0v) is 7.93. The van der Waals surface area contributed by atoms with E-state index in [1.54, 1.807) is 0 Å². The summed E-state index contributed by atoms with van der Waals surface area (Å²) in [6.45, 7) is 0. The summed E-state index contributed by atoms with van der Waals surface area (Å²) in [7, 11) is 0. The summed E-state index contributed by atoms with van der Waals surface area (Å²) >= 11 is -0.429. The van der Waals surface area contributed by atoms with Crippen molar-refractivity contribution >= 4 is 17.2 Å². The lowest BCUT2D eigenvalue weighted by atomic mass is 10.3. The summed E-state index contributed by atoms with van der Waals surface area (Å²) in [4.78, 5) is 11.6. The van der Waals surface area contributed by atoms with Gasteiger partial charge in [-0.3, -0.25) is 4.79 Å². The van der Waals surface area contributed by atoms with E-state index in [4.69, 9.17) is 0 Å². The van der Waals surface area contributed by atoms with Crippen LogP contribution in [0.3, 0.4) is 0 Å². The monoisotopic (exact) mass is 264 g/mol. The van der Waals surface area contributed by atoms with Crippen LogP contribution >= 0.6 is 11.3 Å². The fourth-order valence-corrected chi connectivity index (χ4v) is 1.61. The van der Waals surface area contributed by atoms with Crippen LogP contribution in [-0.2, 0) is 12.4 Å². The number of halogens is 6. The number of nitrogens with zero attached hydrogens (tertiary/aromatic N) is 1. The molecule has 1 amide bonds. The molecule has 0 unspecified atom stereocenters. The largest absolute Gasteiger partial charge is 0.443 e. The van der Waals surface area contributed by atoms with Gasteiger partial charge in [-0.15, -0.1) is 11.3 Å². The molecule has 0 fully saturated rings. The highest BCUT2D eigenvalue weighted by atomic mass is 32.1. The normalized spacial score (nSPS) is 12.9. The Bertz CT molecular complexity index is 420. The molecule has 1 heterocycles. The van der Waals surface area contributed by atoms with Crippen molar-refractivity contribution in [2.24, 2.45) is 5.73 Å². The van der Waals surface area contributed by atoms with E-state index in [-0.39, 0.29) is 0 Å². The van der Waals surface area contributed by atoms with Crippen LogP contribution in [0, 0.1) is 0 Å². The molecule has 0 aliphatic rings. The fourth-order valence-electron chi connectivity index (χ4n) is 0.801. The van der Waals surface area contributed by atoms with Crippen LogP contribution in [0.4, 0.5) is 26.3 Å². The predicted octanol–water partition coefficient (Wildman–Crippen LogP) is 2.28. The van der Waals surface area contributed by atoms with Crippen molar-refractivity contribution in [1.29, 1.82) is 0 Å². The lowest BCUT2D eigenvalue weighted by Crippen LogP contribution is -2.17. The van der Waals surface area contributed by atoms with Gasteiger partial charge in [0.05, 0.1) is 0 Å². The van der Waals surface area contributed by atoms with E-state index >= 15 is 0 Å². The van der Waals surface area contributed by atoms with Gasteiger partial charge in [-0.05, 0) is 0 Å². The van der Waals surface area contributed by atoms with Crippen molar-refractivity contribution < 1.29 is 31.1 Å². The Kier molecular flexibility index (Phi) is 2.88. The molecule has 1 aromatic heterocycles. The topological polar surface area (TPSA) is 56.0 Å². The summed E-state index contributed by atoms with van der Waals surface area (Å²) in [5, 5.41) is -1.76. The first-order chi connectivity index (χ1) is 7.03. The van der Waals surface area contributed by atoms with Gasteiger partial charge in [0.15, 0.2) is 10.7 Å². The molecule has 0 radical (unpaired) electrons. The van der Waals surface area contributed by atoms with E-state index < -0.39 is 45.2 Å². The van der Waals surface area contributed by atoms with Gasteiger partial charge in [0.2, 0.25) is 0 Å². The molecule has 0 bridgehead atoms. The smallest absolute Gasteiger partial charge is 0.365 e. The Labute approximate surface area is 87.9 Å². The molecular weight excluding hydrogens is 262 g/mol. The number of rotatable bonds is 1. The number of amides is 1. The first kappa shape index (κ1) is 12.7. The molecule has 0 saturated carbocycles. The minimum Gasteiger partial charge on any atom is -0.365 e. The molecule has 1 aromatic rings. The number of carbonyl (C=O) groups is 1. The summed E-state index contributed by atoms with van der Waals surface area (Å²) in [5.74, 6) is -1.60. The number of hydrogen-bond acceptors (Lipinski definition) is 3. The van der Waals surface area contributed by atoms with Crippen LogP contribution in [0.15, 0.2) is 0 Å². The third-order valence-electron chi connectivity index (χ3n) is 1.36. The fraction of sp³-hybridized carbons (Fsp3) is 0.333. The number of carbonyl (C=O) groups excluding carboxylic acids is 1. The van der Waals surface area contributed by atoms with Gasteiger partial charge in [-0.1, -0.05) is 0 Å². The Balaban J connectivity index is 3.38. The second kappa shape index (κ2) is 3.61. The molecule has 0 aliphatic carbocycles. The SMILES string of the molecule is NC(=O)c1sc(C(F)(F)F)nc1C(F)(F)F. The maximum atomic E-state index is 12.2. The van der Waals surface area contributed by atoms with Crippen LogP contribution in [0.25, 0.3) is 0 Å². The minimum atomic E-state index is -5.15. The molecule has 16 heavy (non-hydrogen) atoms. The van der Waals surface area contributed by atoms with Crippen molar-refractivity contribution in [2.45, 2.75) is 12.4 Å². The van der Waals surface area contributed by atoms with E-state index in [1.807, 2.05) is 0 Å². The second-order valence-corrected chi connectivity index (χ2v) is 3.56. The number of nitrogens with two attached hydrogens (primary N) is 1. The maximum absolute atomic E-state index is 12.2. The van der Waals surface area contributed by atoms with Crippen molar-refractivity contribution in [3.8, 4) is 0 Å². The number of thiazole rings is 1. The third kappa shape index (κ3) is 2.43. The lowest BCUT2D eigenvalue weighted by molar-refractivity contribution is -0.147. The summed E-state index contributed by atoms with van der Waals surface area (Å²) in [5.41, 5.74) is 2.63. The van der Waals surface area contributed by atoms with Crippen LogP contribution in [0.5, 0.6) is 0 Å². The molecule has 0 aromatic carbocycles. The number of hydrogen-bond donors (Lipinski definition) is 1. The Hall–Kier alpha value is -1.32. The van der Waals surface area contributed by atoms with Crippen molar-refractivity contribution in [3.05, 3.63) is 15.6 Å². The standard InChI is InChI=1S/C6H2F6N2OS/c7-5(8,9)2-1(3(13)15)16-4(14-2)6(10,11)12/h(H2,13,15). The van der Waals surface area contributed by atoms with Gasteiger partial charge in [0, 0.05) is 0 Å². The molecule has 0 atom stereocenters. The molecule has 90 valence electrons. The summed E-state index contributed by atoms with van der Waals surface area (Å²) in [6.07, 6.45) is -10.2. The van der Waals surface area contributed by atoms with Crippen LogP contribution in [0.1, 0.15) is 20.4 Å². The highest BCUT2D eigenvalue weighted by Crippen LogP contribution is 2.39. The number of aromatic nitrogens is 1. The molecule has 10 heteroatoms. The third-order valence-corrected chi connectivity index (χ3v) is 2.48. The van der Waals surface area contributed by atoms with Crippen molar-refractivity contribution in [1.82, 2.24) is 4.98 Å². The average molecular weight is 264 g/mol. The molecule has 0 spiro atoms. The minimum absolute atomic E-state index is 0.429. The zero-order valence-electron chi connectivity index (χ0n) is 7.11. The average Bonchev–Trinajstić information content (AvgIpc) is 2.44. The van der Waals surface area contributed by atoms with Crippen molar-refractivity contribution in [2.75, 3.05) is 0 Å². The van der Waals surface area contributed by atoms with Gasteiger partial charge in [0.1, 0.15) is 4.88 Å². The highest BCUT2D eigenvalue weighted by Gasteiger charge is 2.44. The Morgan fingerprint density at radius 2 is 1.62 bits per heavy atom. The molecule has 0 aliphatic heterocycles. The second-order valence-electron chi connectivity index (χ2n) is 2.56. The molecule has 3 nitrogen and oxygen atoms in total. The van der Waals surface area contributed by atoms with E-state index in [9.17, 15) is 31.1 Å². The Morgan fingerprint density at radius 1 is 1.12 bits per heavy atom. The van der Waals surface area contributed by atoms with Crippen LogP contribution < -0.4 is 5.73 Å². The van der Waals surface area contributed by atoms with Crippen molar-refractivity contribution in [3.63, 3.8) is 0 Å². The molecule has 2 N–H and O–H groups in total. The molecular formula is C6H2F6N2OS. The molecule has 0 saturated heterocycles. The maximum Gasteiger partial charge on any atom is 0.443 e. The Morgan fingerprint density at radius 3 is 1.88 bits per heavy atom. The first-order valence-corrected chi connectivity index (χ1v) is 4.30. The first-order valence-electron chi connectivity index (χ1n) is 3.48. The van der Waals surface area contributed by atoms with E-state index in [0.717, 1.165) is 0 Å². The van der Waals surface area contributed by atoms with E-state index in [0.29, 0.717) is 0 Å². The van der Waals surface area contributed by atoms with Crippen LogP contribution in [0.2, 0.25) is 0 Å². The van der Waals surface area contributed by atoms with Crippen LogP contribution in [-0.4, -0.2) is 10.9 Å². The van der Waals surface area contributed by atoms with E-state index in [2.05, 4.69) is 10.7 Å². The lowest BCUT2D eigenvalue weighted by Gasteiger charge is -2.03. The molecule has 1 rings (SSSR count). The van der Waals surface area contributed by atoms with Gasteiger partial charge in [-0.2, -0.15) is 26.3 Å². The zero-order chi connectivity index (χ0) is 12.7. The number of primary amides is 1. The predicted molar refractivity (Wildman–Crippen MR) is 40.6 cm³/mol. The van der Waals surface area contributed by atoms with Gasteiger partial charge < -0.3 is 5.73 Å². The number of alkyl halides is 6. The summed E-state index contributed by atoms with van der Waals surface area (Å²) < 4.78 is 72.7. The summed E-state index contributed by atoms with van der Waals surface area (Å²) in [6, 6.07) is 0. The van der Waals surface area contributed by atoms with Gasteiger partial charge >= 0.3 is 12.4 Å². The highest BCUT2D eigenvalue weighted by molar-refractivity contribution is 7.13. The van der Waals surface area contributed by atoms with E-state index in [1.165, 1.54) is 0 Å². The van der Waals surface area contributed by atoms with Gasteiger partial charge in [-0.25, -0.2) is 4.98 Å². The van der Waals surface area contributed by atoms with Gasteiger partial charge in [0.25, 0.3) is 5.91 Å². The quantitative estimate of drug-likeness (QED) is 0.791.